The van der Waals surface area contributed by atoms with Gasteiger partial charge in [0.1, 0.15) is 18.2 Å². The fourth-order valence-corrected chi connectivity index (χ4v) is 2.09. The van der Waals surface area contributed by atoms with Gasteiger partial charge in [-0.05, 0) is 36.4 Å². The van der Waals surface area contributed by atoms with Crippen LogP contribution in [0.5, 0.6) is 5.75 Å². The van der Waals surface area contributed by atoms with Gasteiger partial charge in [-0.1, -0.05) is 6.07 Å². The van der Waals surface area contributed by atoms with Crippen LogP contribution in [-0.2, 0) is 11.3 Å². The Bertz CT molecular complexity index is 741. The standard InChI is InChI=1S/C18H18FNO4/c1-20(2)17(21)12-5-8-15(9-6-12)24-11-13-4-7-14(19)10-16(13)18(22)23-3/h4-10H,11H2,1-3H3. The summed E-state index contributed by atoms with van der Waals surface area (Å²) in [6.07, 6.45) is 0. The lowest BCUT2D eigenvalue weighted by Crippen LogP contribution is -2.21. The molecule has 0 unspecified atom stereocenters. The highest BCUT2D eigenvalue weighted by Gasteiger charge is 2.14. The van der Waals surface area contributed by atoms with Crippen molar-refractivity contribution in [3.63, 3.8) is 0 Å². The molecule has 2 aromatic rings. The minimum atomic E-state index is -0.625. The number of ether oxygens (including phenoxy) is 2. The smallest absolute Gasteiger partial charge is 0.338 e. The first kappa shape index (κ1) is 17.5. The summed E-state index contributed by atoms with van der Waals surface area (Å²) >= 11 is 0. The van der Waals surface area contributed by atoms with Gasteiger partial charge in [-0.15, -0.1) is 0 Å². The van der Waals surface area contributed by atoms with E-state index in [4.69, 9.17) is 4.74 Å². The molecule has 0 N–H and O–H groups in total. The lowest BCUT2D eigenvalue weighted by molar-refractivity contribution is 0.0597. The molecule has 0 bridgehead atoms. The van der Waals surface area contributed by atoms with Crippen LogP contribution in [-0.4, -0.2) is 38.0 Å². The van der Waals surface area contributed by atoms with E-state index >= 15 is 0 Å². The molecule has 6 heteroatoms. The first-order chi connectivity index (χ1) is 11.4. The lowest BCUT2D eigenvalue weighted by Gasteiger charge is -2.12. The predicted octanol–water partition coefficient (Wildman–Crippen LogP) is 2.89. The Balaban J connectivity index is 2.11. The summed E-state index contributed by atoms with van der Waals surface area (Å²) in [6, 6.07) is 10.5. The summed E-state index contributed by atoms with van der Waals surface area (Å²) in [5, 5.41) is 0. The Labute approximate surface area is 139 Å². The van der Waals surface area contributed by atoms with Crippen molar-refractivity contribution < 1.29 is 23.5 Å². The number of methoxy groups -OCH3 is 1. The average Bonchev–Trinajstić information content (AvgIpc) is 2.59. The van der Waals surface area contributed by atoms with Crippen molar-refractivity contribution in [3.8, 4) is 5.75 Å². The molecule has 0 heterocycles. The predicted molar refractivity (Wildman–Crippen MR) is 86.5 cm³/mol. The van der Waals surface area contributed by atoms with Crippen molar-refractivity contribution in [2.45, 2.75) is 6.61 Å². The number of benzene rings is 2. The van der Waals surface area contributed by atoms with Crippen LogP contribution in [0.25, 0.3) is 0 Å². The van der Waals surface area contributed by atoms with E-state index in [0.717, 1.165) is 6.07 Å². The van der Waals surface area contributed by atoms with Gasteiger partial charge in [-0.3, -0.25) is 4.79 Å². The van der Waals surface area contributed by atoms with Crippen molar-refractivity contribution >= 4 is 11.9 Å². The summed E-state index contributed by atoms with van der Waals surface area (Å²) in [4.78, 5) is 25.0. The van der Waals surface area contributed by atoms with Crippen LogP contribution in [0.3, 0.4) is 0 Å². The second-order valence-corrected chi connectivity index (χ2v) is 5.31. The maximum atomic E-state index is 13.3. The summed E-state index contributed by atoms with van der Waals surface area (Å²) in [6.45, 7) is 0.0751. The van der Waals surface area contributed by atoms with Crippen LogP contribution < -0.4 is 4.74 Å². The first-order valence-corrected chi connectivity index (χ1v) is 7.23. The number of nitrogens with zero attached hydrogens (tertiary/aromatic N) is 1. The highest BCUT2D eigenvalue weighted by atomic mass is 19.1. The van der Waals surface area contributed by atoms with Gasteiger partial charge >= 0.3 is 5.97 Å². The third kappa shape index (κ3) is 4.10. The van der Waals surface area contributed by atoms with Gasteiger partial charge in [0.25, 0.3) is 5.91 Å². The Hall–Kier alpha value is -2.89. The molecule has 0 spiro atoms. The largest absolute Gasteiger partial charge is 0.489 e. The lowest BCUT2D eigenvalue weighted by atomic mass is 10.1. The molecule has 126 valence electrons. The van der Waals surface area contributed by atoms with Crippen LogP contribution in [0.4, 0.5) is 4.39 Å². The minimum absolute atomic E-state index is 0.0751. The van der Waals surface area contributed by atoms with E-state index in [9.17, 15) is 14.0 Å². The van der Waals surface area contributed by atoms with E-state index in [1.807, 2.05) is 0 Å². The Morgan fingerprint density at radius 1 is 1.08 bits per heavy atom. The molecule has 0 fully saturated rings. The number of hydrogen-bond acceptors (Lipinski definition) is 4. The Morgan fingerprint density at radius 3 is 2.33 bits per heavy atom. The van der Waals surface area contributed by atoms with Crippen molar-refractivity contribution in [3.05, 3.63) is 65.0 Å². The zero-order valence-corrected chi connectivity index (χ0v) is 13.7. The number of esters is 1. The second kappa shape index (κ2) is 7.59. The Kier molecular flexibility index (Phi) is 5.52. The van der Waals surface area contributed by atoms with E-state index < -0.39 is 11.8 Å². The third-order valence-electron chi connectivity index (χ3n) is 3.38. The van der Waals surface area contributed by atoms with Crippen LogP contribution >= 0.6 is 0 Å². The van der Waals surface area contributed by atoms with Crippen molar-refractivity contribution in [1.82, 2.24) is 4.90 Å². The number of rotatable bonds is 5. The third-order valence-corrected chi connectivity index (χ3v) is 3.38. The average molecular weight is 331 g/mol. The minimum Gasteiger partial charge on any atom is -0.489 e. The number of amides is 1. The first-order valence-electron chi connectivity index (χ1n) is 7.23. The van der Waals surface area contributed by atoms with Crippen molar-refractivity contribution in [1.29, 1.82) is 0 Å². The van der Waals surface area contributed by atoms with Crippen LogP contribution in [0.2, 0.25) is 0 Å². The second-order valence-electron chi connectivity index (χ2n) is 5.31. The number of carbonyl (C=O) groups is 2. The van der Waals surface area contributed by atoms with Gasteiger partial charge in [-0.25, -0.2) is 9.18 Å². The number of hydrogen-bond donors (Lipinski definition) is 0. The van der Waals surface area contributed by atoms with E-state index in [1.54, 1.807) is 38.4 Å². The molecule has 5 nitrogen and oxygen atoms in total. The molecule has 0 atom stereocenters. The van der Waals surface area contributed by atoms with Gasteiger partial charge in [0.15, 0.2) is 0 Å². The molecule has 0 saturated heterocycles. The zero-order chi connectivity index (χ0) is 17.7. The maximum absolute atomic E-state index is 13.3. The highest BCUT2D eigenvalue weighted by molar-refractivity contribution is 5.94. The quantitative estimate of drug-likeness (QED) is 0.791. The fraction of sp³-hybridized carbons (Fsp3) is 0.222. The van der Waals surface area contributed by atoms with Crippen LogP contribution in [0.1, 0.15) is 26.3 Å². The zero-order valence-electron chi connectivity index (χ0n) is 13.7. The number of carbonyl (C=O) groups excluding carboxylic acids is 2. The van der Waals surface area contributed by atoms with E-state index in [-0.39, 0.29) is 18.1 Å². The van der Waals surface area contributed by atoms with Crippen molar-refractivity contribution in [2.75, 3.05) is 21.2 Å². The molecule has 24 heavy (non-hydrogen) atoms. The van der Waals surface area contributed by atoms with E-state index in [1.165, 1.54) is 24.1 Å². The SMILES string of the molecule is COC(=O)c1cc(F)ccc1COc1ccc(C(=O)N(C)C)cc1. The van der Waals surface area contributed by atoms with Gasteiger partial charge in [-0.2, -0.15) is 0 Å². The molecule has 0 aliphatic rings. The van der Waals surface area contributed by atoms with Gasteiger partial charge < -0.3 is 14.4 Å². The molecule has 0 aliphatic heterocycles. The normalized spacial score (nSPS) is 10.2. The van der Waals surface area contributed by atoms with E-state index in [2.05, 4.69) is 4.74 Å². The number of halogens is 1. The fourth-order valence-electron chi connectivity index (χ4n) is 2.09. The summed E-state index contributed by atoms with van der Waals surface area (Å²) in [5.74, 6) is -0.718. The molecule has 1 amide bonds. The molecule has 2 aromatic carbocycles. The summed E-state index contributed by atoms with van der Waals surface area (Å²) in [5.41, 5.74) is 1.18. The molecule has 0 saturated carbocycles. The van der Waals surface area contributed by atoms with Crippen LogP contribution in [0, 0.1) is 5.82 Å². The Morgan fingerprint density at radius 2 is 1.75 bits per heavy atom. The molecule has 2 rings (SSSR count). The van der Waals surface area contributed by atoms with Crippen molar-refractivity contribution in [2.24, 2.45) is 0 Å². The molecule has 0 radical (unpaired) electrons. The maximum Gasteiger partial charge on any atom is 0.338 e. The molecular weight excluding hydrogens is 313 g/mol. The topological polar surface area (TPSA) is 55.8 Å². The molecule has 0 aromatic heterocycles. The highest BCUT2D eigenvalue weighted by Crippen LogP contribution is 2.18. The van der Waals surface area contributed by atoms with Gasteiger partial charge in [0.05, 0.1) is 12.7 Å². The summed E-state index contributed by atoms with van der Waals surface area (Å²) in [7, 11) is 4.59. The summed E-state index contributed by atoms with van der Waals surface area (Å²) < 4.78 is 23.6. The van der Waals surface area contributed by atoms with Gasteiger partial charge in [0.2, 0.25) is 0 Å². The van der Waals surface area contributed by atoms with Crippen LogP contribution in [0.15, 0.2) is 42.5 Å². The molecular formula is C18H18FNO4. The molecule has 0 aliphatic carbocycles. The van der Waals surface area contributed by atoms with Gasteiger partial charge in [0, 0.05) is 25.2 Å². The monoisotopic (exact) mass is 331 g/mol. The van der Waals surface area contributed by atoms with E-state index in [0.29, 0.717) is 16.9 Å².